The van der Waals surface area contributed by atoms with E-state index in [2.05, 4.69) is 15.9 Å². The molecule has 2 aromatic rings. The van der Waals surface area contributed by atoms with Gasteiger partial charge in [0.2, 0.25) is 5.78 Å². The molecule has 5 heteroatoms. The molecule has 0 fully saturated rings. The van der Waals surface area contributed by atoms with Crippen LogP contribution in [0.5, 0.6) is 0 Å². The minimum absolute atomic E-state index is 0.0220. The minimum atomic E-state index is -0.234. The van der Waals surface area contributed by atoms with Crippen molar-refractivity contribution in [2.24, 2.45) is 0 Å². The number of furan rings is 1. The van der Waals surface area contributed by atoms with Crippen molar-refractivity contribution in [3.8, 4) is 0 Å². The van der Waals surface area contributed by atoms with Gasteiger partial charge in [-0.15, -0.1) is 0 Å². The highest BCUT2D eigenvalue weighted by atomic mass is 79.9. The first-order valence-electron chi connectivity index (χ1n) is 4.60. The number of hydrogen-bond donors (Lipinski definition) is 0. The predicted molar refractivity (Wildman–Crippen MR) is 61.4 cm³/mol. The monoisotopic (exact) mass is 281 g/mol. The number of carbonyl (C=O) groups is 1. The molecule has 0 atom stereocenters. The fraction of sp³-hybridized carbons (Fsp3) is 0.0909. The summed E-state index contributed by atoms with van der Waals surface area (Å²) in [5, 5.41) is 0. The standard InChI is InChI=1S/C11H8BrNO3/c12-8-3-1-5-13(11(8)15)7-9(14)10-4-2-6-16-10/h1-6H,7H2. The van der Waals surface area contributed by atoms with Crippen molar-refractivity contribution in [3.63, 3.8) is 0 Å². The Morgan fingerprint density at radius 2 is 2.19 bits per heavy atom. The Morgan fingerprint density at radius 3 is 2.88 bits per heavy atom. The summed E-state index contributed by atoms with van der Waals surface area (Å²) >= 11 is 3.12. The molecule has 0 bridgehead atoms. The molecule has 0 N–H and O–H groups in total. The van der Waals surface area contributed by atoms with Gasteiger partial charge in [-0.05, 0) is 40.2 Å². The summed E-state index contributed by atoms with van der Waals surface area (Å²) in [6, 6.07) is 6.54. The maximum atomic E-state index is 11.7. The molecule has 0 saturated carbocycles. The van der Waals surface area contributed by atoms with E-state index in [4.69, 9.17) is 4.42 Å². The lowest BCUT2D eigenvalue weighted by Gasteiger charge is -2.03. The zero-order valence-corrected chi connectivity index (χ0v) is 9.81. The number of halogens is 1. The summed E-state index contributed by atoms with van der Waals surface area (Å²) in [6.07, 6.45) is 2.99. The van der Waals surface area contributed by atoms with Crippen LogP contribution < -0.4 is 5.56 Å². The molecule has 0 radical (unpaired) electrons. The topological polar surface area (TPSA) is 52.2 Å². The lowest BCUT2D eigenvalue weighted by molar-refractivity contribution is 0.0943. The summed E-state index contributed by atoms with van der Waals surface area (Å²) < 4.78 is 6.72. The smallest absolute Gasteiger partial charge is 0.265 e. The number of Topliss-reactive ketones (excluding diaryl/α,β-unsaturated/α-hetero) is 1. The third kappa shape index (κ3) is 2.14. The fourth-order valence-corrected chi connectivity index (χ4v) is 1.68. The van der Waals surface area contributed by atoms with Gasteiger partial charge < -0.3 is 8.98 Å². The number of rotatable bonds is 3. The molecule has 0 aliphatic carbocycles. The van der Waals surface area contributed by atoms with E-state index in [0.29, 0.717) is 4.47 Å². The van der Waals surface area contributed by atoms with Crippen molar-refractivity contribution in [2.45, 2.75) is 6.54 Å². The maximum Gasteiger partial charge on any atom is 0.265 e. The number of ketones is 1. The van der Waals surface area contributed by atoms with E-state index in [1.54, 1.807) is 30.5 Å². The van der Waals surface area contributed by atoms with Gasteiger partial charge in [0.1, 0.15) is 0 Å². The van der Waals surface area contributed by atoms with Crippen molar-refractivity contribution >= 4 is 21.7 Å². The van der Waals surface area contributed by atoms with Crippen molar-refractivity contribution in [1.29, 1.82) is 0 Å². The van der Waals surface area contributed by atoms with Crippen LogP contribution in [0.2, 0.25) is 0 Å². The second-order valence-corrected chi connectivity index (χ2v) is 4.04. The van der Waals surface area contributed by atoms with Gasteiger partial charge >= 0.3 is 0 Å². The first-order chi connectivity index (χ1) is 7.68. The Labute approximate surface area is 99.6 Å². The molecule has 16 heavy (non-hydrogen) atoms. The van der Waals surface area contributed by atoms with E-state index in [-0.39, 0.29) is 23.6 Å². The van der Waals surface area contributed by atoms with Crippen LogP contribution in [-0.4, -0.2) is 10.4 Å². The van der Waals surface area contributed by atoms with Gasteiger partial charge in [0.05, 0.1) is 17.3 Å². The third-order valence-corrected chi connectivity index (χ3v) is 2.69. The van der Waals surface area contributed by atoms with Gasteiger partial charge in [0.25, 0.3) is 5.56 Å². The van der Waals surface area contributed by atoms with Gasteiger partial charge in [-0.2, -0.15) is 0 Å². The first-order valence-corrected chi connectivity index (χ1v) is 5.39. The highest BCUT2D eigenvalue weighted by molar-refractivity contribution is 9.10. The van der Waals surface area contributed by atoms with Crippen LogP contribution in [0.1, 0.15) is 10.6 Å². The summed E-state index contributed by atoms with van der Waals surface area (Å²) in [5.41, 5.74) is -0.234. The van der Waals surface area contributed by atoms with E-state index in [1.807, 2.05) is 0 Å². The second kappa shape index (κ2) is 4.49. The fourth-order valence-electron chi connectivity index (χ4n) is 1.30. The molecule has 2 rings (SSSR count). The molecule has 0 saturated heterocycles. The van der Waals surface area contributed by atoms with Crippen molar-refractivity contribution < 1.29 is 9.21 Å². The van der Waals surface area contributed by atoms with Crippen LogP contribution in [0.25, 0.3) is 0 Å². The van der Waals surface area contributed by atoms with Gasteiger partial charge in [0.15, 0.2) is 5.76 Å². The van der Waals surface area contributed by atoms with Crippen LogP contribution in [-0.2, 0) is 6.54 Å². The van der Waals surface area contributed by atoms with Gasteiger partial charge in [-0.3, -0.25) is 9.59 Å². The predicted octanol–water partition coefficient (Wildman–Crippen LogP) is 2.09. The zero-order valence-electron chi connectivity index (χ0n) is 8.22. The van der Waals surface area contributed by atoms with Crippen LogP contribution in [0.15, 0.2) is 50.4 Å². The number of pyridine rings is 1. The number of aromatic nitrogens is 1. The Bertz CT molecular complexity index is 557. The quantitative estimate of drug-likeness (QED) is 0.810. The molecule has 0 spiro atoms. The molecular formula is C11H8BrNO3. The van der Waals surface area contributed by atoms with E-state index in [1.165, 1.54) is 10.8 Å². The van der Waals surface area contributed by atoms with Crippen molar-refractivity contribution in [1.82, 2.24) is 4.57 Å². The third-order valence-electron chi connectivity index (χ3n) is 2.08. The highest BCUT2D eigenvalue weighted by Gasteiger charge is 2.10. The first kappa shape index (κ1) is 10.9. The molecule has 0 aliphatic heterocycles. The summed E-state index contributed by atoms with van der Waals surface area (Å²) in [5.74, 6) is 0.0251. The number of hydrogen-bond acceptors (Lipinski definition) is 3. The normalized spacial score (nSPS) is 10.3. The van der Waals surface area contributed by atoms with E-state index in [9.17, 15) is 9.59 Å². The summed E-state index contributed by atoms with van der Waals surface area (Å²) in [4.78, 5) is 23.3. The maximum absolute atomic E-state index is 11.7. The van der Waals surface area contributed by atoms with E-state index in [0.717, 1.165) is 0 Å². The van der Waals surface area contributed by atoms with E-state index >= 15 is 0 Å². The molecule has 0 aliphatic rings. The van der Waals surface area contributed by atoms with Crippen molar-refractivity contribution in [3.05, 3.63) is 57.3 Å². The van der Waals surface area contributed by atoms with Gasteiger partial charge in [-0.25, -0.2) is 0 Å². The minimum Gasteiger partial charge on any atom is -0.461 e. The molecule has 0 unspecified atom stereocenters. The van der Waals surface area contributed by atoms with Crippen LogP contribution in [0, 0.1) is 0 Å². The van der Waals surface area contributed by atoms with Crippen molar-refractivity contribution in [2.75, 3.05) is 0 Å². The van der Waals surface area contributed by atoms with Crippen LogP contribution in [0.4, 0.5) is 0 Å². The molecule has 2 heterocycles. The number of nitrogens with zero attached hydrogens (tertiary/aromatic N) is 1. The lowest BCUT2D eigenvalue weighted by atomic mass is 10.3. The Hall–Kier alpha value is -1.62. The molecule has 0 aromatic carbocycles. The van der Waals surface area contributed by atoms with E-state index < -0.39 is 0 Å². The SMILES string of the molecule is O=C(Cn1cccc(Br)c1=O)c1ccco1. The average molecular weight is 282 g/mol. The highest BCUT2D eigenvalue weighted by Crippen LogP contribution is 2.04. The molecule has 0 amide bonds. The second-order valence-electron chi connectivity index (χ2n) is 3.19. The average Bonchev–Trinajstić information content (AvgIpc) is 2.78. The summed E-state index contributed by atoms with van der Waals surface area (Å²) in [7, 11) is 0. The summed E-state index contributed by atoms with van der Waals surface area (Å²) in [6.45, 7) is -0.0220. The lowest BCUT2D eigenvalue weighted by Crippen LogP contribution is -2.23. The van der Waals surface area contributed by atoms with Gasteiger partial charge in [-0.1, -0.05) is 0 Å². The zero-order chi connectivity index (χ0) is 11.5. The number of carbonyl (C=O) groups excluding carboxylic acids is 1. The molecule has 82 valence electrons. The Kier molecular flexibility index (Phi) is 3.05. The molecule has 2 aromatic heterocycles. The van der Waals surface area contributed by atoms with Crippen LogP contribution in [0.3, 0.4) is 0 Å². The Morgan fingerprint density at radius 1 is 1.38 bits per heavy atom. The molecule has 4 nitrogen and oxygen atoms in total. The largest absolute Gasteiger partial charge is 0.461 e. The molecular weight excluding hydrogens is 274 g/mol. The van der Waals surface area contributed by atoms with Crippen LogP contribution >= 0.6 is 15.9 Å². The van der Waals surface area contributed by atoms with Gasteiger partial charge in [0, 0.05) is 6.20 Å². The Balaban J connectivity index is 2.25.